The number of nitrogens with zero attached hydrogens (tertiary/aromatic N) is 1. The number of aryl methyl sites for hydroxylation is 2. The molecule has 0 aliphatic carbocycles. The molecule has 7 nitrogen and oxygen atoms in total. The van der Waals surface area contributed by atoms with Crippen LogP contribution in [0.15, 0.2) is 51.7 Å². The van der Waals surface area contributed by atoms with E-state index in [1.165, 1.54) is 23.6 Å². The first kappa shape index (κ1) is 19.3. The molecule has 0 spiro atoms. The number of oxazole rings is 1. The number of nitrogens with one attached hydrogen (secondary N) is 1. The van der Waals surface area contributed by atoms with Crippen molar-refractivity contribution in [2.75, 3.05) is 5.32 Å². The van der Waals surface area contributed by atoms with E-state index >= 15 is 0 Å². The summed E-state index contributed by atoms with van der Waals surface area (Å²) < 4.78 is 25.1. The molecule has 8 heteroatoms. The zero-order valence-corrected chi connectivity index (χ0v) is 15.4. The van der Waals surface area contributed by atoms with Crippen molar-refractivity contribution in [2.45, 2.75) is 32.9 Å². The van der Waals surface area contributed by atoms with Crippen LogP contribution in [0.1, 0.15) is 18.9 Å². The number of hydrogen-bond donors (Lipinski definition) is 1. The number of carbonyl (C=O) groups is 2. The molecule has 1 aromatic heterocycles. The molecule has 3 rings (SSSR count). The van der Waals surface area contributed by atoms with Crippen LogP contribution in [0.5, 0.6) is 0 Å². The van der Waals surface area contributed by atoms with E-state index in [4.69, 9.17) is 9.15 Å². The minimum Gasteiger partial charge on any atom is -0.452 e. The maximum atomic E-state index is 13.5. The average Bonchev–Trinajstić information content (AvgIpc) is 2.98. The summed E-state index contributed by atoms with van der Waals surface area (Å²) in [5.74, 6) is -2.24. The van der Waals surface area contributed by atoms with Crippen LogP contribution in [0.4, 0.5) is 10.1 Å². The molecular weight excluding hydrogens is 367 g/mol. The molecule has 1 amide bonds. The molecular formula is C20H19FN2O5. The summed E-state index contributed by atoms with van der Waals surface area (Å²) in [6, 6.07) is 11.2. The van der Waals surface area contributed by atoms with Gasteiger partial charge in [0.2, 0.25) is 0 Å². The zero-order valence-electron chi connectivity index (χ0n) is 15.4. The SMILES string of the molecule is Cc1ccc(NC(=O)[C@@H](C)OC(=O)CCn2c(=O)oc3ccccc32)cc1F. The van der Waals surface area contributed by atoms with Gasteiger partial charge in [0.15, 0.2) is 11.7 Å². The standard InChI is InChI=1S/C20H19FN2O5/c1-12-7-8-14(11-15(12)21)22-19(25)13(2)27-18(24)9-10-23-16-5-3-4-6-17(16)28-20(23)26/h3-8,11,13H,9-10H2,1-2H3,(H,22,25)/t13-/m1/s1. The van der Waals surface area contributed by atoms with Gasteiger partial charge >= 0.3 is 11.7 Å². The van der Waals surface area contributed by atoms with Crippen LogP contribution in [-0.2, 0) is 20.9 Å². The van der Waals surface area contributed by atoms with Gasteiger partial charge in [-0.2, -0.15) is 0 Å². The fourth-order valence-electron chi connectivity index (χ4n) is 2.65. The van der Waals surface area contributed by atoms with Crippen LogP contribution in [0.2, 0.25) is 0 Å². The Morgan fingerprint density at radius 2 is 2.00 bits per heavy atom. The Kier molecular flexibility index (Phi) is 5.58. The summed E-state index contributed by atoms with van der Waals surface area (Å²) in [4.78, 5) is 36.1. The molecule has 0 aliphatic heterocycles. The van der Waals surface area contributed by atoms with E-state index in [9.17, 15) is 18.8 Å². The maximum absolute atomic E-state index is 13.5. The Balaban J connectivity index is 1.56. The zero-order chi connectivity index (χ0) is 20.3. The number of halogens is 1. The van der Waals surface area contributed by atoms with Crippen LogP contribution < -0.4 is 11.1 Å². The highest BCUT2D eigenvalue weighted by Gasteiger charge is 2.19. The lowest BCUT2D eigenvalue weighted by Crippen LogP contribution is -2.30. The highest BCUT2D eigenvalue weighted by molar-refractivity contribution is 5.95. The van der Waals surface area contributed by atoms with Gasteiger partial charge in [0.1, 0.15) is 5.82 Å². The maximum Gasteiger partial charge on any atom is 0.419 e. The monoisotopic (exact) mass is 386 g/mol. The van der Waals surface area contributed by atoms with Crippen molar-refractivity contribution in [3.8, 4) is 0 Å². The normalized spacial score (nSPS) is 12.0. The van der Waals surface area contributed by atoms with Crippen molar-refractivity contribution in [1.82, 2.24) is 4.57 Å². The highest BCUT2D eigenvalue weighted by atomic mass is 19.1. The molecule has 1 N–H and O–H groups in total. The van der Waals surface area contributed by atoms with Crippen molar-refractivity contribution in [1.29, 1.82) is 0 Å². The van der Waals surface area contributed by atoms with Crippen LogP contribution in [0.25, 0.3) is 11.1 Å². The van der Waals surface area contributed by atoms with Crippen molar-refractivity contribution < 1.29 is 23.1 Å². The highest BCUT2D eigenvalue weighted by Crippen LogP contribution is 2.15. The number of amides is 1. The Morgan fingerprint density at radius 1 is 1.25 bits per heavy atom. The molecule has 0 unspecified atom stereocenters. The fourth-order valence-corrected chi connectivity index (χ4v) is 2.65. The quantitative estimate of drug-likeness (QED) is 0.658. The fraction of sp³-hybridized carbons (Fsp3) is 0.250. The van der Waals surface area contributed by atoms with Crippen molar-refractivity contribution in [3.05, 3.63) is 64.4 Å². The summed E-state index contributed by atoms with van der Waals surface area (Å²) in [5.41, 5.74) is 1.73. The molecule has 1 heterocycles. The van der Waals surface area contributed by atoms with E-state index in [1.54, 1.807) is 37.3 Å². The summed E-state index contributed by atoms with van der Waals surface area (Å²) in [7, 11) is 0. The number of hydrogen-bond acceptors (Lipinski definition) is 5. The van der Waals surface area contributed by atoms with E-state index in [2.05, 4.69) is 5.32 Å². The average molecular weight is 386 g/mol. The van der Waals surface area contributed by atoms with E-state index < -0.39 is 29.6 Å². The van der Waals surface area contributed by atoms with Gasteiger partial charge < -0.3 is 14.5 Å². The number of rotatable bonds is 6. The largest absolute Gasteiger partial charge is 0.452 e. The van der Waals surface area contributed by atoms with E-state index in [0.29, 0.717) is 16.7 Å². The van der Waals surface area contributed by atoms with Crippen LogP contribution in [-0.4, -0.2) is 22.5 Å². The Hall–Kier alpha value is -3.42. The molecule has 0 saturated heterocycles. The molecule has 0 fully saturated rings. The van der Waals surface area contributed by atoms with E-state index in [-0.39, 0.29) is 18.7 Å². The Labute approximate surface area is 159 Å². The predicted octanol–water partition coefficient (Wildman–Crippen LogP) is 3.00. The van der Waals surface area contributed by atoms with Crippen molar-refractivity contribution >= 4 is 28.7 Å². The number of para-hydroxylation sites is 2. The number of carbonyl (C=O) groups excluding carboxylic acids is 2. The minimum atomic E-state index is -1.07. The van der Waals surface area contributed by atoms with Crippen LogP contribution >= 0.6 is 0 Å². The first-order valence-electron chi connectivity index (χ1n) is 8.70. The van der Waals surface area contributed by atoms with Gasteiger partial charge in [0, 0.05) is 12.2 Å². The van der Waals surface area contributed by atoms with Gasteiger partial charge in [-0.05, 0) is 43.7 Å². The lowest BCUT2D eigenvalue weighted by molar-refractivity contribution is -0.153. The molecule has 0 radical (unpaired) electrons. The first-order chi connectivity index (χ1) is 13.3. The van der Waals surface area contributed by atoms with Gasteiger partial charge in [-0.1, -0.05) is 18.2 Å². The smallest absolute Gasteiger partial charge is 0.419 e. The number of benzene rings is 2. The van der Waals surface area contributed by atoms with E-state index in [1.807, 2.05) is 0 Å². The third kappa shape index (κ3) is 4.28. The summed E-state index contributed by atoms with van der Waals surface area (Å²) in [6.45, 7) is 3.09. The third-order valence-corrected chi connectivity index (χ3v) is 4.23. The molecule has 0 aliphatic rings. The summed E-state index contributed by atoms with van der Waals surface area (Å²) in [5, 5.41) is 2.49. The second-order valence-electron chi connectivity index (χ2n) is 6.32. The van der Waals surface area contributed by atoms with Crippen molar-refractivity contribution in [2.24, 2.45) is 0 Å². The molecule has 0 saturated carbocycles. The number of esters is 1. The molecule has 0 bridgehead atoms. The van der Waals surface area contributed by atoms with Crippen LogP contribution in [0, 0.1) is 12.7 Å². The molecule has 1 atom stereocenters. The number of aromatic nitrogens is 1. The molecule has 3 aromatic rings. The lowest BCUT2D eigenvalue weighted by Gasteiger charge is -2.14. The Morgan fingerprint density at radius 3 is 2.75 bits per heavy atom. The first-order valence-corrected chi connectivity index (χ1v) is 8.70. The van der Waals surface area contributed by atoms with Gasteiger partial charge in [-0.15, -0.1) is 0 Å². The minimum absolute atomic E-state index is 0.0617. The number of anilines is 1. The second-order valence-corrected chi connectivity index (χ2v) is 6.32. The number of fused-ring (bicyclic) bond motifs is 1. The van der Waals surface area contributed by atoms with E-state index in [0.717, 1.165) is 0 Å². The topological polar surface area (TPSA) is 90.5 Å². The van der Waals surface area contributed by atoms with Gasteiger partial charge in [0.05, 0.1) is 11.9 Å². The van der Waals surface area contributed by atoms with Gasteiger partial charge in [-0.3, -0.25) is 14.2 Å². The van der Waals surface area contributed by atoms with Crippen LogP contribution in [0.3, 0.4) is 0 Å². The Bertz CT molecular complexity index is 1090. The van der Waals surface area contributed by atoms with Crippen molar-refractivity contribution in [3.63, 3.8) is 0 Å². The molecule has 28 heavy (non-hydrogen) atoms. The summed E-state index contributed by atoms with van der Waals surface area (Å²) >= 11 is 0. The summed E-state index contributed by atoms with van der Waals surface area (Å²) in [6.07, 6.45) is -1.19. The lowest BCUT2D eigenvalue weighted by atomic mass is 10.2. The van der Waals surface area contributed by atoms with Gasteiger partial charge in [-0.25, -0.2) is 9.18 Å². The molecule has 146 valence electrons. The molecule has 2 aromatic carbocycles. The third-order valence-electron chi connectivity index (χ3n) is 4.23. The van der Waals surface area contributed by atoms with Gasteiger partial charge in [0.25, 0.3) is 5.91 Å². The predicted molar refractivity (Wildman–Crippen MR) is 100 cm³/mol. The number of ether oxygens (including phenoxy) is 1. The second kappa shape index (κ2) is 8.08.